The van der Waals surface area contributed by atoms with Gasteiger partial charge in [0.15, 0.2) is 4.32 Å². The predicted octanol–water partition coefficient (Wildman–Crippen LogP) is 6.23. The van der Waals surface area contributed by atoms with Gasteiger partial charge in [0.1, 0.15) is 5.82 Å². The highest BCUT2D eigenvalue weighted by molar-refractivity contribution is 8.27. The number of carbonyl (C=O) groups is 1. The Labute approximate surface area is 188 Å². The predicted molar refractivity (Wildman–Crippen MR) is 130 cm³/mol. The van der Waals surface area contributed by atoms with E-state index in [-0.39, 0.29) is 11.7 Å². The average Bonchev–Trinajstić information content (AvgIpc) is 3.26. The Morgan fingerprint density at radius 1 is 0.935 bits per heavy atom. The number of hydrogen-bond acceptors (Lipinski definition) is 3. The quantitative estimate of drug-likeness (QED) is 0.275. The van der Waals surface area contributed by atoms with Gasteiger partial charge < -0.3 is 4.57 Å². The third kappa shape index (κ3) is 3.80. The lowest BCUT2D eigenvalue weighted by atomic mass is 10.1. The van der Waals surface area contributed by atoms with Gasteiger partial charge in [-0.05, 0) is 42.0 Å². The highest BCUT2D eigenvalue weighted by Gasteiger charge is 2.33. The molecule has 6 heteroatoms. The molecule has 2 heterocycles. The average molecular weight is 445 g/mol. The number of halogens is 1. The van der Waals surface area contributed by atoms with Gasteiger partial charge in [-0.25, -0.2) is 4.39 Å². The van der Waals surface area contributed by atoms with Crippen molar-refractivity contribution in [3.05, 3.63) is 107 Å². The summed E-state index contributed by atoms with van der Waals surface area (Å²) in [4.78, 5) is 15.1. The zero-order valence-corrected chi connectivity index (χ0v) is 18.0. The molecule has 1 saturated heterocycles. The molecule has 0 saturated carbocycles. The lowest BCUT2D eigenvalue weighted by Gasteiger charge is -2.14. The molecule has 0 bridgehead atoms. The number of thiocarbonyl (C=S) groups is 1. The van der Waals surface area contributed by atoms with Crippen molar-refractivity contribution in [1.29, 1.82) is 0 Å². The Kier molecular flexibility index (Phi) is 5.18. The molecule has 152 valence electrons. The molecule has 5 rings (SSSR count). The maximum Gasteiger partial charge on any atom is 0.270 e. The first kappa shape index (κ1) is 19.7. The number of rotatable bonds is 4. The lowest BCUT2D eigenvalue weighted by Crippen LogP contribution is -2.27. The van der Waals surface area contributed by atoms with E-state index in [2.05, 4.69) is 35.0 Å². The first-order valence-electron chi connectivity index (χ1n) is 9.75. The van der Waals surface area contributed by atoms with Gasteiger partial charge in [0, 0.05) is 29.2 Å². The van der Waals surface area contributed by atoms with Gasteiger partial charge in [-0.2, -0.15) is 0 Å². The molecule has 3 aromatic carbocycles. The number of nitrogens with zero attached hydrogens (tertiary/aromatic N) is 2. The molecular weight excluding hydrogens is 427 g/mol. The van der Waals surface area contributed by atoms with E-state index < -0.39 is 0 Å². The first-order chi connectivity index (χ1) is 15.1. The third-order valence-electron chi connectivity index (χ3n) is 5.18. The number of anilines is 1. The van der Waals surface area contributed by atoms with E-state index in [4.69, 9.17) is 12.2 Å². The van der Waals surface area contributed by atoms with Gasteiger partial charge in [-0.15, -0.1) is 0 Å². The number of thioether (sulfide) groups is 1. The fraction of sp³-hybridized carbons (Fsp3) is 0.0400. The van der Waals surface area contributed by atoms with Crippen molar-refractivity contribution in [1.82, 2.24) is 4.57 Å². The second-order valence-corrected chi connectivity index (χ2v) is 8.88. The molecule has 1 aromatic heterocycles. The number of aromatic nitrogens is 1. The van der Waals surface area contributed by atoms with Crippen LogP contribution in [0.25, 0.3) is 17.0 Å². The van der Waals surface area contributed by atoms with Crippen molar-refractivity contribution in [2.75, 3.05) is 4.90 Å². The summed E-state index contributed by atoms with van der Waals surface area (Å²) in [7, 11) is 0. The number of fused-ring (bicyclic) bond motifs is 1. The molecule has 0 spiro atoms. The van der Waals surface area contributed by atoms with Crippen LogP contribution in [0.3, 0.4) is 0 Å². The minimum absolute atomic E-state index is 0.193. The Morgan fingerprint density at radius 2 is 1.65 bits per heavy atom. The normalized spacial score (nSPS) is 15.4. The van der Waals surface area contributed by atoms with Crippen LogP contribution in [0, 0.1) is 5.82 Å². The summed E-state index contributed by atoms with van der Waals surface area (Å²) in [5.74, 6) is -0.544. The first-order valence-corrected chi connectivity index (χ1v) is 11.0. The summed E-state index contributed by atoms with van der Waals surface area (Å²) in [5, 5.41) is 1.07. The van der Waals surface area contributed by atoms with Gasteiger partial charge in [0.05, 0.1) is 10.6 Å². The van der Waals surface area contributed by atoms with Crippen LogP contribution in [0.2, 0.25) is 0 Å². The zero-order chi connectivity index (χ0) is 21.4. The molecule has 31 heavy (non-hydrogen) atoms. The van der Waals surface area contributed by atoms with Crippen LogP contribution in [-0.4, -0.2) is 14.8 Å². The maximum atomic E-state index is 13.3. The summed E-state index contributed by atoms with van der Waals surface area (Å²) in [5.41, 5.74) is 3.84. The number of benzene rings is 3. The zero-order valence-electron chi connectivity index (χ0n) is 16.4. The van der Waals surface area contributed by atoms with E-state index in [0.717, 1.165) is 23.0 Å². The minimum atomic E-state index is -0.351. The lowest BCUT2D eigenvalue weighted by molar-refractivity contribution is -0.113. The van der Waals surface area contributed by atoms with Gasteiger partial charge in [0.2, 0.25) is 0 Å². The Balaban J connectivity index is 1.52. The summed E-state index contributed by atoms with van der Waals surface area (Å²) >= 11 is 6.71. The van der Waals surface area contributed by atoms with Crippen molar-refractivity contribution < 1.29 is 9.18 Å². The van der Waals surface area contributed by atoms with E-state index in [1.165, 1.54) is 34.4 Å². The molecular formula is C25H17FN2OS2. The van der Waals surface area contributed by atoms with Crippen molar-refractivity contribution in [2.24, 2.45) is 0 Å². The van der Waals surface area contributed by atoms with Crippen molar-refractivity contribution in [2.45, 2.75) is 6.54 Å². The number of amides is 1. The molecule has 1 aliphatic rings. The minimum Gasteiger partial charge on any atom is -0.342 e. The van der Waals surface area contributed by atoms with E-state index in [1.807, 2.05) is 36.4 Å². The Morgan fingerprint density at radius 3 is 2.42 bits per heavy atom. The van der Waals surface area contributed by atoms with Crippen LogP contribution in [0.5, 0.6) is 0 Å². The van der Waals surface area contributed by atoms with E-state index in [1.54, 1.807) is 12.1 Å². The Bertz CT molecular complexity index is 1330. The van der Waals surface area contributed by atoms with Gasteiger partial charge in [-0.3, -0.25) is 9.69 Å². The fourth-order valence-electron chi connectivity index (χ4n) is 3.72. The van der Waals surface area contributed by atoms with Gasteiger partial charge in [0.25, 0.3) is 5.91 Å². The molecule has 0 atom stereocenters. The third-order valence-corrected chi connectivity index (χ3v) is 6.48. The van der Waals surface area contributed by atoms with Crippen molar-refractivity contribution >= 4 is 56.9 Å². The van der Waals surface area contributed by atoms with E-state index in [9.17, 15) is 9.18 Å². The summed E-state index contributed by atoms with van der Waals surface area (Å²) in [6.07, 6.45) is 3.97. The van der Waals surface area contributed by atoms with Gasteiger partial charge in [-0.1, -0.05) is 72.5 Å². The molecule has 1 amide bonds. The van der Waals surface area contributed by atoms with Gasteiger partial charge >= 0.3 is 0 Å². The topological polar surface area (TPSA) is 25.2 Å². The largest absolute Gasteiger partial charge is 0.342 e. The van der Waals surface area contributed by atoms with Crippen LogP contribution in [0.1, 0.15) is 11.1 Å². The number of hydrogen-bond donors (Lipinski definition) is 0. The van der Waals surface area contributed by atoms with Crippen LogP contribution in [0.4, 0.5) is 10.1 Å². The smallest absolute Gasteiger partial charge is 0.270 e. The van der Waals surface area contributed by atoms with E-state index in [0.29, 0.717) is 14.9 Å². The molecule has 0 radical (unpaired) electrons. The molecule has 0 unspecified atom stereocenters. The summed E-state index contributed by atoms with van der Waals surface area (Å²) in [6, 6.07) is 24.2. The number of carbonyl (C=O) groups excluding carboxylic acids is 1. The monoisotopic (exact) mass is 444 g/mol. The Hall–Kier alpha value is -3.22. The highest BCUT2D eigenvalue weighted by Crippen LogP contribution is 2.37. The van der Waals surface area contributed by atoms with Crippen LogP contribution < -0.4 is 4.90 Å². The molecule has 4 aromatic rings. The molecule has 1 fully saturated rings. The second-order valence-electron chi connectivity index (χ2n) is 7.21. The second kappa shape index (κ2) is 8.13. The SMILES string of the molecule is O=C1C(=Cc2cn(Cc3ccccc3)c3ccccc23)SC(=S)N1c1ccc(F)cc1. The summed E-state index contributed by atoms with van der Waals surface area (Å²) < 4.78 is 15.9. The van der Waals surface area contributed by atoms with Crippen LogP contribution in [0.15, 0.2) is 90.0 Å². The van der Waals surface area contributed by atoms with Crippen molar-refractivity contribution in [3.63, 3.8) is 0 Å². The van der Waals surface area contributed by atoms with E-state index >= 15 is 0 Å². The molecule has 0 N–H and O–H groups in total. The fourth-order valence-corrected chi connectivity index (χ4v) is 5.01. The maximum absolute atomic E-state index is 13.3. The highest BCUT2D eigenvalue weighted by atomic mass is 32.2. The molecule has 3 nitrogen and oxygen atoms in total. The van der Waals surface area contributed by atoms with Crippen LogP contribution in [-0.2, 0) is 11.3 Å². The van der Waals surface area contributed by atoms with Crippen LogP contribution >= 0.6 is 24.0 Å². The van der Waals surface area contributed by atoms with Crippen molar-refractivity contribution in [3.8, 4) is 0 Å². The molecule has 1 aliphatic heterocycles. The molecule has 0 aliphatic carbocycles. The summed E-state index contributed by atoms with van der Waals surface area (Å²) in [6.45, 7) is 0.742. The standard InChI is InChI=1S/C25H17FN2OS2/c26-19-10-12-20(13-11-19)28-24(29)23(31-25(28)30)14-18-16-27(15-17-6-2-1-3-7-17)22-9-5-4-8-21(18)22/h1-14,16H,15H2. The number of para-hydroxylation sites is 1.